The molecule has 0 aliphatic carbocycles. The number of aryl methyl sites for hydroxylation is 1. The number of halogens is 2. The highest BCUT2D eigenvalue weighted by Crippen LogP contribution is 2.32. The average Bonchev–Trinajstić information content (AvgIpc) is 3.06. The van der Waals surface area contributed by atoms with Gasteiger partial charge in [-0.1, -0.05) is 47.5 Å². The predicted molar refractivity (Wildman–Crippen MR) is 128 cm³/mol. The first-order chi connectivity index (χ1) is 14.1. The molecule has 3 rings (SSSR count). The number of amides is 1. The molecule has 0 fully saturated rings. The maximum atomic E-state index is 12.9. The highest BCUT2D eigenvalue weighted by Gasteiger charge is 2.29. The second-order valence-electron chi connectivity index (χ2n) is 7.64. The Morgan fingerprint density at radius 3 is 2.29 bits per heavy atom. The minimum atomic E-state index is -1.04. The van der Waals surface area contributed by atoms with E-state index in [0.29, 0.717) is 32.3 Å². The number of fused-ring (bicyclic) bond motifs is 1. The Hall–Kier alpha value is -2.19. The molecule has 1 heterocycles. The number of carbonyl (C=O) groups excluding carboxylic acids is 1. The highest BCUT2D eigenvalue weighted by molar-refractivity contribution is 7.59. The number of aliphatic hydroxyl groups excluding tert-OH is 1. The molecule has 0 radical (unpaired) electrons. The van der Waals surface area contributed by atoms with Crippen molar-refractivity contribution in [1.29, 1.82) is 0 Å². The fourth-order valence-electron chi connectivity index (χ4n) is 3.29. The lowest BCUT2D eigenvalue weighted by Crippen LogP contribution is -2.32. The van der Waals surface area contributed by atoms with Crippen molar-refractivity contribution in [1.82, 2.24) is 9.88 Å². The minimum Gasteiger partial charge on any atom is -0.481 e. The van der Waals surface area contributed by atoms with E-state index in [1.807, 2.05) is 0 Å². The molecule has 9 heteroatoms. The van der Waals surface area contributed by atoms with Gasteiger partial charge >= 0.3 is 5.97 Å². The second kappa shape index (κ2) is 9.53. The summed E-state index contributed by atoms with van der Waals surface area (Å²) in [4.78, 5) is 24.3. The number of rotatable bonds is 6. The fraction of sp³-hybridized carbons (Fsp3) is 0.273. The van der Waals surface area contributed by atoms with Gasteiger partial charge in [0.05, 0.1) is 28.1 Å². The monoisotopic (exact) mass is 482 g/mol. The van der Waals surface area contributed by atoms with Crippen LogP contribution in [0.2, 0.25) is 10.0 Å². The summed E-state index contributed by atoms with van der Waals surface area (Å²) in [5.74, 6) is -1.31. The van der Waals surface area contributed by atoms with Crippen LogP contribution in [0, 0.1) is 0 Å². The van der Waals surface area contributed by atoms with E-state index in [1.165, 1.54) is 0 Å². The van der Waals surface area contributed by atoms with Crippen LogP contribution in [0.25, 0.3) is 10.9 Å². The number of nitrogens with one attached hydrogen (secondary N) is 1. The van der Waals surface area contributed by atoms with Crippen LogP contribution in [0.15, 0.2) is 42.5 Å². The van der Waals surface area contributed by atoms with Crippen LogP contribution in [0.3, 0.4) is 0 Å². The largest absolute Gasteiger partial charge is 0.481 e. The molecule has 0 bridgehead atoms. The normalized spacial score (nSPS) is 12.3. The van der Waals surface area contributed by atoms with Crippen LogP contribution in [-0.2, 0) is 17.3 Å². The first-order valence-electron chi connectivity index (χ1n) is 9.27. The molecule has 0 aliphatic heterocycles. The van der Waals surface area contributed by atoms with Crippen LogP contribution in [0.4, 0.5) is 0 Å². The van der Waals surface area contributed by atoms with E-state index in [4.69, 9.17) is 23.2 Å². The van der Waals surface area contributed by atoms with Crippen LogP contribution in [0.1, 0.15) is 41.5 Å². The molecule has 2 aromatic carbocycles. The molecule has 1 aromatic heterocycles. The van der Waals surface area contributed by atoms with Crippen molar-refractivity contribution in [3.05, 3.63) is 69.3 Å². The lowest BCUT2D eigenvalue weighted by Gasteiger charge is -2.22. The van der Waals surface area contributed by atoms with Gasteiger partial charge in [-0.3, -0.25) is 9.59 Å². The molecular weight excluding hydrogens is 459 g/mol. The molecule has 166 valence electrons. The standard InChI is InChI=1S/C22H22Cl2N2O4.H2S/c1-22(2,21(29)30)13-6-4-12(5-7-13)16(11-27)25-20(28)18-10-14-17(26(18)3)9-8-15(23)19(14)24;/h4-10,16,27H,11H2,1-3H3,(H,25,28)(H,29,30);1H2/t16-;/m1./s1. The third-order valence-corrected chi connectivity index (χ3v) is 6.22. The molecule has 31 heavy (non-hydrogen) atoms. The molecule has 1 amide bonds. The highest BCUT2D eigenvalue weighted by atomic mass is 35.5. The van der Waals surface area contributed by atoms with E-state index >= 15 is 0 Å². The molecule has 3 aromatic rings. The van der Waals surface area contributed by atoms with Crippen LogP contribution in [-0.4, -0.2) is 33.3 Å². The number of aromatic nitrogens is 1. The van der Waals surface area contributed by atoms with Crippen molar-refractivity contribution in [3.63, 3.8) is 0 Å². The number of carbonyl (C=O) groups is 2. The maximum absolute atomic E-state index is 12.9. The molecule has 0 saturated heterocycles. The summed E-state index contributed by atoms with van der Waals surface area (Å²) < 4.78 is 1.71. The average molecular weight is 483 g/mol. The Bertz CT molecular complexity index is 1130. The number of carboxylic acids is 1. The topological polar surface area (TPSA) is 91.6 Å². The van der Waals surface area contributed by atoms with Crippen LogP contribution < -0.4 is 5.32 Å². The number of aliphatic hydroxyl groups is 1. The predicted octanol–water partition coefficient (Wildman–Crippen LogP) is 4.42. The van der Waals surface area contributed by atoms with Gasteiger partial charge in [-0.25, -0.2) is 0 Å². The third kappa shape index (κ3) is 4.70. The van der Waals surface area contributed by atoms with Crippen molar-refractivity contribution in [3.8, 4) is 0 Å². The van der Waals surface area contributed by atoms with Crippen molar-refractivity contribution in [2.75, 3.05) is 6.61 Å². The molecule has 0 unspecified atom stereocenters. The SMILES string of the molecule is Cn1c(C(=O)N[C@H](CO)c2ccc(C(C)(C)C(=O)O)cc2)cc2c(Cl)c(Cl)ccc21.S. The number of hydrogen-bond acceptors (Lipinski definition) is 3. The molecule has 0 spiro atoms. The molecule has 1 atom stereocenters. The second-order valence-corrected chi connectivity index (χ2v) is 8.43. The van der Waals surface area contributed by atoms with E-state index in [9.17, 15) is 19.8 Å². The van der Waals surface area contributed by atoms with Crippen molar-refractivity contribution >= 4 is 59.5 Å². The number of aliphatic carboxylic acids is 1. The number of carboxylic acid groups (broad SMARTS) is 1. The van der Waals surface area contributed by atoms with Crippen molar-refractivity contribution in [2.24, 2.45) is 7.05 Å². The zero-order valence-corrected chi connectivity index (χ0v) is 19.8. The smallest absolute Gasteiger partial charge is 0.313 e. The van der Waals surface area contributed by atoms with Gasteiger partial charge in [-0.2, -0.15) is 13.5 Å². The number of hydrogen-bond donors (Lipinski definition) is 3. The zero-order chi connectivity index (χ0) is 22.2. The Morgan fingerprint density at radius 1 is 1.13 bits per heavy atom. The lowest BCUT2D eigenvalue weighted by atomic mass is 9.84. The van der Waals surface area contributed by atoms with E-state index < -0.39 is 17.4 Å². The van der Waals surface area contributed by atoms with E-state index in [0.717, 1.165) is 5.52 Å². The Balaban J connectivity index is 0.00000341. The summed E-state index contributed by atoms with van der Waals surface area (Å²) in [6.07, 6.45) is 0. The first-order valence-corrected chi connectivity index (χ1v) is 10.0. The third-order valence-electron chi connectivity index (χ3n) is 5.40. The van der Waals surface area contributed by atoms with Gasteiger partial charge in [-0.15, -0.1) is 0 Å². The zero-order valence-electron chi connectivity index (χ0n) is 17.2. The number of benzene rings is 2. The Labute approximate surface area is 197 Å². The van der Waals surface area contributed by atoms with Crippen LogP contribution >= 0.6 is 36.7 Å². The summed E-state index contributed by atoms with van der Waals surface area (Å²) in [6.45, 7) is 2.92. The van der Waals surface area contributed by atoms with E-state index in [1.54, 1.807) is 67.9 Å². The van der Waals surface area contributed by atoms with E-state index in [-0.39, 0.29) is 26.0 Å². The van der Waals surface area contributed by atoms with Gasteiger partial charge in [0, 0.05) is 18.0 Å². The summed E-state index contributed by atoms with van der Waals surface area (Å²) in [5.41, 5.74) is 1.38. The quantitative estimate of drug-likeness (QED) is 0.484. The van der Waals surface area contributed by atoms with Crippen molar-refractivity contribution in [2.45, 2.75) is 25.3 Å². The van der Waals surface area contributed by atoms with Crippen molar-refractivity contribution < 1.29 is 19.8 Å². The Kier molecular flexibility index (Phi) is 7.70. The van der Waals surface area contributed by atoms with Gasteiger partial charge in [0.2, 0.25) is 0 Å². The van der Waals surface area contributed by atoms with E-state index in [2.05, 4.69) is 5.32 Å². The first kappa shape index (κ1) is 25.1. The summed E-state index contributed by atoms with van der Waals surface area (Å²) >= 11 is 12.3. The molecule has 3 N–H and O–H groups in total. The Morgan fingerprint density at radius 2 is 1.74 bits per heavy atom. The molecular formula is C22H24Cl2N2O4S. The number of nitrogens with zero attached hydrogens (tertiary/aromatic N) is 1. The molecule has 0 saturated carbocycles. The summed E-state index contributed by atoms with van der Waals surface area (Å²) in [5, 5.41) is 23.5. The van der Waals surface area contributed by atoms with Crippen LogP contribution in [0.5, 0.6) is 0 Å². The van der Waals surface area contributed by atoms with Gasteiger partial charge in [0.1, 0.15) is 5.69 Å². The van der Waals surface area contributed by atoms with Gasteiger partial charge in [-0.05, 0) is 43.2 Å². The van der Waals surface area contributed by atoms with Gasteiger partial charge < -0.3 is 20.1 Å². The van der Waals surface area contributed by atoms with Gasteiger partial charge in [0.25, 0.3) is 5.91 Å². The van der Waals surface area contributed by atoms with Gasteiger partial charge in [0.15, 0.2) is 0 Å². The fourth-order valence-corrected chi connectivity index (χ4v) is 3.67. The lowest BCUT2D eigenvalue weighted by molar-refractivity contribution is -0.142. The minimum absolute atomic E-state index is 0. The molecule has 6 nitrogen and oxygen atoms in total. The molecule has 0 aliphatic rings. The summed E-state index contributed by atoms with van der Waals surface area (Å²) in [7, 11) is 1.75. The maximum Gasteiger partial charge on any atom is 0.313 e. The summed E-state index contributed by atoms with van der Waals surface area (Å²) in [6, 6.07) is 11.3.